The standard InChI is InChI=1S/C15H19ClN2O5S/c1-10-4-2-3-7-18(10)14(19)9-23-15(20)11-5-6-12(16)13(8-11)24(17,21)22/h5-6,8,10H,2-4,7,9H2,1H3,(H2,17,21,22). The average Bonchev–Trinajstić information content (AvgIpc) is 2.52. The molecule has 2 rings (SSSR count). The highest BCUT2D eigenvalue weighted by molar-refractivity contribution is 7.89. The summed E-state index contributed by atoms with van der Waals surface area (Å²) in [5.41, 5.74) is -0.0390. The van der Waals surface area contributed by atoms with Gasteiger partial charge in [0.15, 0.2) is 6.61 Å². The molecule has 7 nitrogen and oxygen atoms in total. The number of hydrogen-bond acceptors (Lipinski definition) is 5. The summed E-state index contributed by atoms with van der Waals surface area (Å²) in [4.78, 5) is 25.5. The lowest BCUT2D eigenvalue weighted by molar-refractivity contribution is -0.137. The fourth-order valence-corrected chi connectivity index (χ4v) is 3.68. The van der Waals surface area contributed by atoms with Crippen LogP contribution in [0.3, 0.4) is 0 Å². The number of piperidine rings is 1. The molecule has 1 aromatic rings. The van der Waals surface area contributed by atoms with Crippen molar-refractivity contribution < 1.29 is 22.7 Å². The highest BCUT2D eigenvalue weighted by Gasteiger charge is 2.24. The monoisotopic (exact) mass is 374 g/mol. The Morgan fingerprint density at radius 1 is 1.38 bits per heavy atom. The summed E-state index contributed by atoms with van der Waals surface area (Å²) >= 11 is 5.76. The summed E-state index contributed by atoms with van der Waals surface area (Å²) in [6.07, 6.45) is 2.93. The van der Waals surface area contributed by atoms with Gasteiger partial charge < -0.3 is 9.64 Å². The Morgan fingerprint density at radius 2 is 2.08 bits per heavy atom. The molecule has 1 unspecified atom stereocenters. The molecule has 1 aromatic carbocycles. The smallest absolute Gasteiger partial charge is 0.338 e. The molecule has 1 atom stereocenters. The first-order valence-corrected chi connectivity index (χ1v) is 9.41. The normalized spacial score (nSPS) is 18.3. The van der Waals surface area contributed by atoms with Gasteiger partial charge in [-0.25, -0.2) is 18.4 Å². The Kier molecular flexibility index (Phi) is 5.84. The van der Waals surface area contributed by atoms with E-state index < -0.39 is 22.6 Å². The zero-order chi connectivity index (χ0) is 17.9. The number of primary sulfonamides is 1. The lowest BCUT2D eigenvalue weighted by Gasteiger charge is -2.33. The Morgan fingerprint density at radius 3 is 2.71 bits per heavy atom. The minimum Gasteiger partial charge on any atom is -0.452 e. The van der Waals surface area contributed by atoms with Gasteiger partial charge in [0.1, 0.15) is 4.90 Å². The van der Waals surface area contributed by atoms with Crippen molar-refractivity contribution in [3.05, 3.63) is 28.8 Å². The highest BCUT2D eigenvalue weighted by atomic mass is 35.5. The highest BCUT2D eigenvalue weighted by Crippen LogP contribution is 2.22. The third kappa shape index (κ3) is 4.46. The SMILES string of the molecule is CC1CCCCN1C(=O)COC(=O)c1ccc(Cl)c(S(N)(=O)=O)c1. The van der Waals surface area contributed by atoms with Gasteiger partial charge in [-0.2, -0.15) is 0 Å². The van der Waals surface area contributed by atoms with Gasteiger partial charge in [0.05, 0.1) is 10.6 Å². The summed E-state index contributed by atoms with van der Waals surface area (Å²) in [7, 11) is -4.06. The van der Waals surface area contributed by atoms with Crippen LogP contribution in [0.1, 0.15) is 36.5 Å². The summed E-state index contributed by atoms with van der Waals surface area (Å²) in [6.45, 7) is 2.21. The Bertz CT molecular complexity index is 750. The van der Waals surface area contributed by atoms with Gasteiger partial charge >= 0.3 is 5.97 Å². The van der Waals surface area contributed by atoms with Crippen LogP contribution < -0.4 is 5.14 Å². The topological polar surface area (TPSA) is 107 Å². The first-order valence-electron chi connectivity index (χ1n) is 7.49. The van der Waals surface area contributed by atoms with Gasteiger partial charge in [0, 0.05) is 12.6 Å². The fourth-order valence-electron chi connectivity index (χ4n) is 2.61. The molecule has 1 fully saturated rings. The number of carbonyl (C=O) groups excluding carboxylic acids is 2. The molecule has 0 bridgehead atoms. The van der Waals surface area contributed by atoms with Gasteiger partial charge in [0.2, 0.25) is 10.0 Å². The maximum absolute atomic E-state index is 12.1. The summed E-state index contributed by atoms with van der Waals surface area (Å²) < 4.78 is 27.8. The molecular formula is C15H19ClN2O5S. The average molecular weight is 375 g/mol. The number of nitrogens with two attached hydrogens (primary N) is 1. The summed E-state index contributed by atoms with van der Waals surface area (Å²) in [5, 5.41) is 4.95. The van der Waals surface area contributed by atoms with Crippen molar-refractivity contribution in [3.8, 4) is 0 Å². The predicted octanol–water partition coefficient (Wildman–Crippen LogP) is 1.55. The van der Waals surface area contributed by atoms with Crippen LogP contribution in [0.25, 0.3) is 0 Å². The number of benzene rings is 1. The number of sulfonamides is 1. The van der Waals surface area contributed by atoms with Gasteiger partial charge in [0.25, 0.3) is 5.91 Å². The number of esters is 1. The Labute approximate surface area is 145 Å². The van der Waals surface area contributed by atoms with E-state index >= 15 is 0 Å². The van der Waals surface area contributed by atoms with Crippen LogP contribution >= 0.6 is 11.6 Å². The van der Waals surface area contributed by atoms with Crippen LogP contribution in [0.5, 0.6) is 0 Å². The van der Waals surface area contributed by atoms with Gasteiger partial charge in [-0.3, -0.25) is 4.79 Å². The van der Waals surface area contributed by atoms with E-state index in [0.29, 0.717) is 6.54 Å². The lowest BCUT2D eigenvalue weighted by atomic mass is 10.0. The number of likely N-dealkylation sites (tertiary alicyclic amines) is 1. The Balaban J connectivity index is 2.04. The van der Waals surface area contributed by atoms with Gasteiger partial charge in [-0.05, 0) is 44.4 Å². The molecule has 0 spiro atoms. The maximum Gasteiger partial charge on any atom is 0.338 e. The van der Waals surface area contributed by atoms with Crippen molar-refractivity contribution in [2.45, 2.75) is 37.1 Å². The number of ether oxygens (including phenoxy) is 1. The van der Waals surface area contributed by atoms with E-state index in [1.165, 1.54) is 12.1 Å². The van der Waals surface area contributed by atoms with Crippen molar-refractivity contribution in [3.63, 3.8) is 0 Å². The minimum atomic E-state index is -4.06. The Hall–Kier alpha value is -1.64. The number of amides is 1. The van der Waals surface area contributed by atoms with E-state index in [9.17, 15) is 18.0 Å². The van der Waals surface area contributed by atoms with Crippen LogP contribution in [-0.4, -0.2) is 44.4 Å². The second-order valence-corrected chi connectivity index (χ2v) is 7.64. The number of carbonyl (C=O) groups is 2. The molecular weight excluding hydrogens is 356 g/mol. The van der Waals surface area contributed by atoms with Crippen LogP contribution in [0.2, 0.25) is 5.02 Å². The van der Waals surface area contributed by atoms with Crippen LogP contribution in [0.4, 0.5) is 0 Å². The maximum atomic E-state index is 12.1. The zero-order valence-corrected chi connectivity index (χ0v) is 14.8. The molecule has 1 saturated heterocycles. The first-order chi connectivity index (χ1) is 11.2. The van der Waals surface area contributed by atoms with E-state index in [-0.39, 0.29) is 27.4 Å². The molecule has 1 heterocycles. The van der Waals surface area contributed by atoms with Gasteiger partial charge in [-0.1, -0.05) is 11.6 Å². The van der Waals surface area contributed by atoms with E-state index in [1.54, 1.807) is 4.90 Å². The number of nitrogens with zero attached hydrogens (tertiary/aromatic N) is 1. The van der Waals surface area contributed by atoms with Crippen molar-refractivity contribution >= 4 is 33.5 Å². The summed E-state index contributed by atoms with van der Waals surface area (Å²) in [6, 6.07) is 3.71. The number of rotatable bonds is 4. The van der Waals surface area contributed by atoms with Gasteiger partial charge in [-0.15, -0.1) is 0 Å². The quantitative estimate of drug-likeness (QED) is 0.804. The molecule has 0 aromatic heterocycles. The molecule has 1 aliphatic heterocycles. The van der Waals surface area contributed by atoms with E-state index in [0.717, 1.165) is 25.3 Å². The molecule has 1 amide bonds. The number of halogens is 1. The van der Waals surface area contributed by atoms with Crippen LogP contribution in [-0.2, 0) is 19.6 Å². The van der Waals surface area contributed by atoms with Crippen LogP contribution in [0, 0.1) is 0 Å². The van der Waals surface area contributed by atoms with Crippen molar-refractivity contribution in [2.75, 3.05) is 13.2 Å². The largest absolute Gasteiger partial charge is 0.452 e. The third-order valence-corrected chi connectivity index (χ3v) is 5.32. The van der Waals surface area contributed by atoms with Crippen molar-refractivity contribution in [1.29, 1.82) is 0 Å². The molecule has 9 heteroatoms. The molecule has 24 heavy (non-hydrogen) atoms. The molecule has 1 aliphatic rings. The van der Waals surface area contributed by atoms with Crippen molar-refractivity contribution in [1.82, 2.24) is 4.90 Å². The molecule has 132 valence electrons. The molecule has 2 N–H and O–H groups in total. The molecule has 0 aliphatic carbocycles. The fraction of sp³-hybridized carbons (Fsp3) is 0.467. The molecule has 0 saturated carbocycles. The summed E-state index contributed by atoms with van der Waals surface area (Å²) in [5.74, 6) is -1.08. The van der Waals surface area contributed by atoms with E-state index in [1.807, 2.05) is 6.92 Å². The van der Waals surface area contributed by atoms with E-state index in [4.69, 9.17) is 21.5 Å². The van der Waals surface area contributed by atoms with E-state index in [2.05, 4.69) is 0 Å². The van der Waals surface area contributed by atoms with Crippen molar-refractivity contribution in [2.24, 2.45) is 5.14 Å². The van der Waals surface area contributed by atoms with Crippen LogP contribution in [0.15, 0.2) is 23.1 Å². The minimum absolute atomic E-state index is 0.0390. The second-order valence-electron chi connectivity index (χ2n) is 5.70. The lowest BCUT2D eigenvalue weighted by Crippen LogP contribution is -2.44. The number of hydrogen-bond donors (Lipinski definition) is 1. The first kappa shape index (κ1) is 18.7. The zero-order valence-electron chi connectivity index (χ0n) is 13.2. The molecule has 0 radical (unpaired) electrons. The third-order valence-electron chi connectivity index (χ3n) is 3.92. The predicted molar refractivity (Wildman–Crippen MR) is 88.1 cm³/mol. The second kappa shape index (κ2) is 7.50.